The van der Waals surface area contributed by atoms with Crippen LogP contribution in [0.3, 0.4) is 0 Å². The molecule has 2 N–H and O–H groups in total. The van der Waals surface area contributed by atoms with Crippen molar-refractivity contribution < 1.29 is 34.0 Å². The second kappa shape index (κ2) is 16.6. The van der Waals surface area contributed by atoms with Crippen molar-refractivity contribution in [3.63, 3.8) is 0 Å². The monoisotopic (exact) mass is 684 g/mol. The highest BCUT2D eigenvalue weighted by Gasteiger charge is 2.71. The van der Waals surface area contributed by atoms with E-state index < -0.39 is 35.2 Å². The van der Waals surface area contributed by atoms with Crippen LogP contribution in [0.2, 0.25) is 0 Å². The minimum Gasteiger partial charge on any atom is -0.504 e. The lowest BCUT2D eigenvalue weighted by atomic mass is 9.47. The summed E-state index contributed by atoms with van der Waals surface area (Å²) < 4.78 is 18.3. The highest BCUT2D eigenvalue weighted by Crippen LogP contribution is 2.67. The number of rotatable bonds is 19. The average molecular weight is 685 g/mol. The van der Waals surface area contributed by atoms with Crippen molar-refractivity contribution in [2.45, 2.75) is 152 Å². The number of ether oxygens (including phenoxy) is 3. The van der Waals surface area contributed by atoms with E-state index in [0.29, 0.717) is 36.3 Å². The number of hydrogen-bond acceptors (Lipinski definition) is 7. The lowest BCUT2D eigenvalue weighted by Crippen LogP contribution is -2.67. The van der Waals surface area contributed by atoms with Crippen LogP contribution in [0, 0.1) is 5.92 Å². The molecule has 4 aliphatic rings. The maximum absolute atomic E-state index is 13.9. The summed E-state index contributed by atoms with van der Waals surface area (Å²) in [5.74, 6) is -0.376. The van der Waals surface area contributed by atoms with Crippen LogP contribution in [0.5, 0.6) is 11.5 Å². The maximum Gasteiger partial charge on any atom is 0.357 e. The first-order valence-electron chi connectivity index (χ1n) is 19.4. The molecule has 2 bridgehead atoms. The zero-order chi connectivity index (χ0) is 35.0. The van der Waals surface area contributed by atoms with Gasteiger partial charge in [-0.05, 0) is 81.4 Å². The van der Waals surface area contributed by atoms with Gasteiger partial charge in [0.1, 0.15) is 5.76 Å². The molecule has 7 heteroatoms. The first kappa shape index (κ1) is 36.2. The van der Waals surface area contributed by atoms with Gasteiger partial charge in [0.05, 0.1) is 11.0 Å². The first-order valence-corrected chi connectivity index (χ1v) is 19.4. The van der Waals surface area contributed by atoms with Gasteiger partial charge in [-0.25, -0.2) is 4.79 Å². The molecule has 2 aromatic rings. The number of benzene rings is 2. The summed E-state index contributed by atoms with van der Waals surface area (Å²) in [6.07, 6.45) is 23.5. The predicted molar refractivity (Wildman–Crippen MR) is 194 cm³/mol. The Morgan fingerprint density at radius 2 is 1.64 bits per heavy atom. The number of unbranched alkanes of at least 4 members (excludes halogenated alkanes) is 11. The molecule has 1 spiro atoms. The van der Waals surface area contributed by atoms with Gasteiger partial charge in [-0.2, -0.15) is 0 Å². The number of phenolic OH excluding ortho intramolecular Hbond substituents is 1. The Morgan fingerprint density at radius 3 is 2.38 bits per heavy atom. The third kappa shape index (κ3) is 7.39. The Balaban J connectivity index is 1.01. The SMILES string of the molecule is CCCCCCCC/C=C/CCCCCCCC(=O)O[C@H](C(=O)OC1=CC[C@]2(O)[C@H]3CCC[C@]24c2c(ccc(O)c2O[C@H]14)C3)c1ccccc1. The number of carbonyl (C=O) groups is 2. The van der Waals surface area contributed by atoms with E-state index in [-0.39, 0.29) is 18.1 Å². The first-order chi connectivity index (χ1) is 24.4. The van der Waals surface area contributed by atoms with E-state index >= 15 is 0 Å². The number of allylic oxidation sites excluding steroid dienone is 2. The molecule has 0 unspecified atom stereocenters. The minimum absolute atomic E-state index is 0.0244. The van der Waals surface area contributed by atoms with E-state index in [9.17, 15) is 19.8 Å². The fourth-order valence-corrected chi connectivity index (χ4v) is 9.11. The molecule has 3 aliphatic carbocycles. The molecule has 270 valence electrons. The molecule has 1 aliphatic heterocycles. The second-order valence-corrected chi connectivity index (χ2v) is 15.0. The average Bonchev–Trinajstić information content (AvgIpc) is 3.47. The second-order valence-electron chi connectivity index (χ2n) is 15.0. The number of phenols is 1. The molecule has 1 fully saturated rings. The van der Waals surface area contributed by atoms with Gasteiger partial charge in [-0.15, -0.1) is 0 Å². The van der Waals surface area contributed by atoms with Crippen molar-refractivity contribution in [3.8, 4) is 11.5 Å². The van der Waals surface area contributed by atoms with Gasteiger partial charge < -0.3 is 24.4 Å². The molecule has 7 nitrogen and oxygen atoms in total. The molecule has 5 atom stereocenters. The van der Waals surface area contributed by atoms with Crippen LogP contribution in [-0.2, 0) is 30.9 Å². The molecule has 1 saturated carbocycles. The van der Waals surface area contributed by atoms with Crippen LogP contribution in [0.25, 0.3) is 0 Å². The van der Waals surface area contributed by atoms with Gasteiger partial charge in [0.25, 0.3) is 0 Å². The highest BCUT2D eigenvalue weighted by atomic mass is 16.6. The van der Waals surface area contributed by atoms with E-state index in [0.717, 1.165) is 62.5 Å². The van der Waals surface area contributed by atoms with Crippen molar-refractivity contribution in [1.29, 1.82) is 0 Å². The number of aliphatic hydroxyl groups is 1. The van der Waals surface area contributed by atoms with Crippen molar-refractivity contribution in [2.24, 2.45) is 5.92 Å². The molecular formula is C43H56O7. The number of carbonyl (C=O) groups excluding carboxylic acids is 2. The highest BCUT2D eigenvalue weighted by molar-refractivity contribution is 5.82. The summed E-state index contributed by atoms with van der Waals surface area (Å²) in [4.78, 5) is 26.9. The third-order valence-electron chi connectivity index (χ3n) is 11.7. The van der Waals surface area contributed by atoms with E-state index in [1.54, 1.807) is 36.4 Å². The lowest BCUT2D eigenvalue weighted by molar-refractivity contribution is -0.172. The van der Waals surface area contributed by atoms with Gasteiger partial charge >= 0.3 is 11.9 Å². The third-order valence-corrected chi connectivity index (χ3v) is 11.7. The van der Waals surface area contributed by atoms with E-state index in [2.05, 4.69) is 19.1 Å². The van der Waals surface area contributed by atoms with Gasteiger partial charge in [-0.3, -0.25) is 4.79 Å². The Hall–Kier alpha value is -3.58. The number of esters is 2. The van der Waals surface area contributed by atoms with Gasteiger partial charge in [-0.1, -0.05) is 113 Å². The molecule has 0 radical (unpaired) electrons. The van der Waals surface area contributed by atoms with Crippen LogP contribution >= 0.6 is 0 Å². The van der Waals surface area contributed by atoms with Crippen LogP contribution in [0.4, 0.5) is 0 Å². The van der Waals surface area contributed by atoms with Crippen LogP contribution in [0.15, 0.2) is 66.5 Å². The zero-order valence-electron chi connectivity index (χ0n) is 29.9. The van der Waals surface area contributed by atoms with Crippen molar-refractivity contribution in [1.82, 2.24) is 0 Å². The molecule has 2 aromatic carbocycles. The van der Waals surface area contributed by atoms with Gasteiger partial charge in [0.15, 0.2) is 17.6 Å². The predicted octanol–water partition coefficient (Wildman–Crippen LogP) is 9.63. The normalized spacial score (nSPS) is 25.0. The summed E-state index contributed by atoms with van der Waals surface area (Å²) >= 11 is 0. The van der Waals surface area contributed by atoms with E-state index in [1.165, 1.54) is 44.9 Å². The van der Waals surface area contributed by atoms with Crippen LogP contribution in [0.1, 0.15) is 145 Å². The quantitative estimate of drug-likeness (QED) is 0.0863. The summed E-state index contributed by atoms with van der Waals surface area (Å²) in [6.45, 7) is 2.25. The molecular weight excluding hydrogens is 628 g/mol. The Kier molecular flexibility index (Phi) is 12.0. The van der Waals surface area contributed by atoms with Crippen molar-refractivity contribution in [2.75, 3.05) is 0 Å². The van der Waals surface area contributed by atoms with Crippen molar-refractivity contribution >= 4 is 11.9 Å². The summed E-state index contributed by atoms with van der Waals surface area (Å²) in [6, 6.07) is 12.6. The smallest absolute Gasteiger partial charge is 0.357 e. The lowest BCUT2D eigenvalue weighted by Gasteiger charge is -2.59. The van der Waals surface area contributed by atoms with E-state index in [1.807, 2.05) is 12.1 Å². The van der Waals surface area contributed by atoms with Crippen molar-refractivity contribution in [3.05, 3.63) is 83.1 Å². The molecule has 1 heterocycles. The fourth-order valence-electron chi connectivity index (χ4n) is 9.11. The Bertz CT molecular complexity index is 1530. The standard InChI is InChI=1S/C43H56O7/c1-2-3-4-5-6-7-8-9-10-11-12-13-14-15-19-24-36(45)49-38(31-21-17-16-18-22-31)41(46)48-35-27-29-43(47)33-23-20-28-42(43)37-32(30-33)25-26-34(44)39(37)50-40(35)42/h9-10,16-18,21-22,25-27,33,38,40,44,47H,2-8,11-15,19-20,23-24,28-30H2,1H3/b10-9+/t33-,38-,40+,42+,43-/m0/s1. The number of aromatic hydroxyl groups is 1. The van der Waals surface area contributed by atoms with Gasteiger partial charge in [0, 0.05) is 17.5 Å². The van der Waals surface area contributed by atoms with Crippen LogP contribution < -0.4 is 4.74 Å². The molecule has 6 rings (SSSR count). The zero-order valence-corrected chi connectivity index (χ0v) is 29.9. The summed E-state index contributed by atoms with van der Waals surface area (Å²) in [5.41, 5.74) is 0.590. The molecule has 0 aromatic heterocycles. The fraction of sp³-hybridized carbons (Fsp3) is 0.581. The maximum atomic E-state index is 13.9. The topological polar surface area (TPSA) is 102 Å². The van der Waals surface area contributed by atoms with Gasteiger partial charge in [0.2, 0.25) is 6.10 Å². The summed E-state index contributed by atoms with van der Waals surface area (Å²) in [7, 11) is 0. The Morgan fingerprint density at radius 1 is 0.940 bits per heavy atom. The Labute approximate surface area is 298 Å². The summed E-state index contributed by atoms with van der Waals surface area (Å²) in [5, 5.41) is 23.1. The van der Waals surface area contributed by atoms with Crippen LogP contribution in [-0.4, -0.2) is 33.9 Å². The molecule has 0 saturated heterocycles. The molecule has 50 heavy (non-hydrogen) atoms. The largest absolute Gasteiger partial charge is 0.504 e. The van der Waals surface area contributed by atoms with E-state index in [4.69, 9.17) is 14.2 Å². The molecule has 0 amide bonds. The minimum atomic E-state index is -1.23. The number of hydrogen-bond donors (Lipinski definition) is 2.